The monoisotopic (exact) mass is 317 g/mol. The van der Waals surface area contributed by atoms with Crippen LogP contribution in [0.2, 0.25) is 5.02 Å². The van der Waals surface area contributed by atoms with Crippen molar-refractivity contribution in [1.29, 1.82) is 0 Å². The van der Waals surface area contributed by atoms with Crippen LogP contribution in [0.4, 0.5) is 0 Å². The van der Waals surface area contributed by atoms with Crippen LogP contribution in [0.15, 0.2) is 31.8 Å². The Morgan fingerprint density at radius 3 is 2.78 bits per heavy atom. The second-order valence-corrected chi connectivity index (χ2v) is 7.19. The number of halogens is 1. The van der Waals surface area contributed by atoms with E-state index in [1.165, 1.54) is 5.56 Å². The number of nitrogens with two attached hydrogens (primary N) is 1. The zero-order chi connectivity index (χ0) is 13.0. The fourth-order valence-electron chi connectivity index (χ4n) is 1.40. The zero-order valence-electron chi connectivity index (χ0n) is 9.72. The Labute approximate surface area is 124 Å². The summed E-state index contributed by atoms with van der Waals surface area (Å²) in [5, 5.41) is 8.96. The second-order valence-electron chi connectivity index (χ2n) is 3.43. The van der Waals surface area contributed by atoms with Gasteiger partial charge in [-0.2, -0.15) is 0 Å². The molecule has 0 bridgehead atoms. The predicted molar refractivity (Wildman–Crippen MR) is 80.0 cm³/mol. The first-order valence-corrected chi connectivity index (χ1v) is 8.50. The highest BCUT2D eigenvalue weighted by atomic mass is 35.5. The Hall–Kier alpha value is -0.270. The summed E-state index contributed by atoms with van der Waals surface area (Å²) in [5.41, 5.74) is 6.82. The molecule has 96 valence electrons. The van der Waals surface area contributed by atoms with Crippen LogP contribution in [0.3, 0.4) is 0 Å². The Kier molecular flexibility index (Phi) is 5.32. The molecule has 0 saturated carbocycles. The Morgan fingerprint density at radius 2 is 2.11 bits per heavy atom. The predicted octanol–water partition coefficient (Wildman–Crippen LogP) is 3.57. The highest BCUT2D eigenvalue weighted by Crippen LogP contribution is 2.35. The maximum absolute atomic E-state index is 6.03. The lowest BCUT2D eigenvalue weighted by Crippen LogP contribution is -2.03. The minimum atomic E-state index is 0.626. The number of rotatable bonds is 5. The van der Waals surface area contributed by atoms with Gasteiger partial charge in [0.15, 0.2) is 8.68 Å². The van der Waals surface area contributed by atoms with E-state index < -0.39 is 0 Å². The molecule has 0 aliphatic rings. The molecule has 0 amide bonds. The smallest absolute Gasteiger partial charge is 0.179 e. The summed E-state index contributed by atoms with van der Waals surface area (Å²) < 4.78 is 1.90. The molecule has 0 aliphatic heterocycles. The molecule has 2 rings (SSSR count). The molecule has 0 fully saturated rings. The van der Waals surface area contributed by atoms with Gasteiger partial charge in [0, 0.05) is 9.92 Å². The van der Waals surface area contributed by atoms with Crippen LogP contribution in [0.25, 0.3) is 0 Å². The van der Waals surface area contributed by atoms with Crippen molar-refractivity contribution in [2.45, 2.75) is 20.0 Å². The number of nitrogens with zero attached hydrogens (tertiary/aromatic N) is 2. The van der Waals surface area contributed by atoms with Crippen LogP contribution >= 0.6 is 46.5 Å². The van der Waals surface area contributed by atoms with Crippen molar-refractivity contribution < 1.29 is 0 Å². The van der Waals surface area contributed by atoms with Gasteiger partial charge in [-0.25, -0.2) is 0 Å². The van der Waals surface area contributed by atoms with Gasteiger partial charge in [-0.1, -0.05) is 52.5 Å². The zero-order valence-corrected chi connectivity index (χ0v) is 12.9. The standard InChI is InChI=1S/C11H12ClN3S3/c1-16-10-14-15-11(18-10)17-9-6-8(12)3-2-7(9)4-5-13/h2-3,6H,4-5,13H2,1H3. The number of thioether (sulfide) groups is 1. The first-order valence-electron chi connectivity index (χ1n) is 5.26. The van der Waals surface area contributed by atoms with Crippen molar-refractivity contribution in [2.75, 3.05) is 12.8 Å². The van der Waals surface area contributed by atoms with Crippen molar-refractivity contribution >= 4 is 46.5 Å². The number of hydrogen-bond donors (Lipinski definition) is 1. The van der Waals surface area contributed by atoms with Gasteiger partial charge in [-0.05, 0) is 36.9 Å². The first-order chi connectivity index (χ1) is 8.72. The molecule has 2 aromatic rings. The van der Waals surface area contributed by atoms with Crippen molar-refractivity contribution in [3.05, 3.63) is 28.8 Å². The number of benzene rings is 1. The summed E-state index contributed by atoms with van der Waals surface area (Å²) in [5.74, 6) is 0. The summed E-state index contributed by atoms with van der Waals surface area (Å²) in [7, 11) is 0. The first kappa shape index (κ1) is 14.1. The molecule has 0 aliphatic carbocycles. The third-order valence-electron chi connectivity index (χ3n) is 2.20. The van der Waals surface area contributed by atoms with Crippen molar-refractivity contribution in [2.24, 2.45) is 5.73 Å². The van der Waals surface area contributed by atoms with Crippen LogP contribution < -0.4 is 5.73 Å². The topological polar surface area (TPSA) is 51.8 Å². The largest absolute Gasteiger partial charge is 0.330 e. The average Bonchev–Trinajstić information content (AvgIpc) is 2.80. The molecular formula is C11H12ClN3S3. The molecule has 1 aromatic heterocycles. The van der Waals surface area contributed by atoms with Gasteiger partial charge in [0.1, 0.15) is 0 Å². The van der Waals surface area contributed by atoms with Crippen LogP contribution in [-0.2, 0) is 6.42 Å². The maximum atomic E-state index is 6.03. The summed E-state index contributed by atoms with van der Waals surface area (Å²) in [6, 6.07) is 5.87. The lowest BCUT2D eigenvalue weighted by molar-refractivity contribution is 0.938. The van der Waals surface area contributed by atoms with E-state index in [1.807, 2.05) is 24.5 Å². The third kappa shape index (κ3) is 3.61. The summed E-state index contributed by atoms with van der Waals surface area (Å²) >= 11 is 10.8. The van der Waals surface area contributed by atoms with Crippen LogP contribution in [-0.4, -0.2) is 23.0 Å². The second kappa shape index (κ2) is 6.77. The molecule has 0 saturated heterocycles. The molecule has 0 unspecified atom stereocenters. The van der Waals surface area contributed by atoms with Gasteiger partial charge in [0.2, 0.25) is 0 Å². The minimum absolute atomic E-state index is 0.626. The normalized spacial score (nSPS) is 10.8. The van der Waals surface area contributed by atoms with Crippen LogP contribution in [0.5, 0.6) is 0 Å². The minimum Gasteiger partial charge on any atom is -0.330 e. The maximum Gasteiger partial charge on any atom is 0.179 e. The summed E-state index contributed by atoms with van der Waals surface area (Å²) in [4.78, 5) is 1.11. The van der Waals surface area contributed by atoms with Crippen molar-refractivity contribution in [3.8, 4) is 0 Å². The Balaban J connectivity index is 2.23. The third-order valence-corrected chi connectivity index (χ3v) is 5.49. The summed E-state index contributed by atoms with van der Waals surface area (Å²) in [6.45, 7) is 0.626. The molecule has 1 heterocycles. The molecule has 7 heteroatoms. The molecule has 0 atom stereocenters. The fraction of sp³-hybridized carbons (Fsp3) is 0.273. The molecule has 3 nitrogen and oxygen atoms in total. The van der Waals surface area contributed by atoms with E-state index in [-0.39, 0.29) is 0 Å². The highest BCUT2D eigenvalue weighted by Gasteiger charge is 2.09. The van der Waals surface area contributed by atoms with Gasteiger partial charge in [0.25, 0.3) is 0 Å². The summed E-state index contributed by atoms with van der Waals surface area (Å²) in [6.07, 6.45) is 2.84. The molecule has 0 radical (unpaired) electrons. The molecule has 2 N–H and O–H groups in total. The molecule has 18 heavy (non-hydrogen) atoms. The van der Waals surface area contributed by atoms with E-state index in [4.69, 9.17) is 17.3 Å². The highest BCUT2D eigenvalue weighted by molar-refractivity contribution is 8.03. The quantitative estimate of drug-likeness (QED) is 0.854. The van der Waals surface area contributed by atoms with Gasteiger partial charge in [0.05, 0.1) is 0 Å². The molecular weight excluding hydrogens is 306 g/mol. The van der Waals surface area contributed by atoms with Crippen LogP contribution in [0.1, 0.15) is 5.56 Å². The van der Waals surface area contributed by atoms with E-state index >= 15 is 0 Å². The average molecular weight is 318 g/mol. The fourth-order valence-corrected chi connectivity index (χ4v) is 4.23. The molecule has 0 spiro atoms. The van der Waals surface area contributed by atoms with Crippen molar-refractivity contribution in [1.82, 2.24) is 10.2 Å². The van der Waals surface area contributed by atoms with Gasteiger partial charge >= 0.3 is 0 Å². The van der Waals surface area contributed by atoms with Crippen LogP contribution in [0, 0.1) is 0 Å². The SMILES string of the molecule is CSc1nnc(Sc2cc(Cl)ccc2CCN)s1. The molecule has 1 aromatic carbocycles. The van der Waals surface area contributed by atoms with Gasteiger partial charge in [-0.15, -0.1) is 10.2 Å². The lowest BCUT2D eigenvalue weighted by atomic mass is 10.1. The number of hydrogen-bond acceptors (Lipinski definition) is 6. The van der Waals surface area contributed by atoms with E-state index in [0.29, 0.717) is 6.54 Å². The van der Waals surface area contributed by atoms with E-state index in [1.54, 1.807) is 34.9 Å². The Morgan fingerprint density at radius 1 is 1.33 bits per heavy atom. The van der Waals surface area contributed by atoms with Gasteiger partial charge in [-0.3, -0.25) is 0 Å². The Bertz CT molecular complexity index is 530. The van der Waals surface area contributed by atoms with E-state index in [2.05, 4.69) is 10.2 Å². The van der Waals surface area contributed by atoms with E-state index in [0.717, 1.165) is 25.0 Å². The van der Waals surface area contributed by atoms with Crippen molar-refractivity contribution in [3.63, 3.8) is 0 Å². The van der Waals surface area contributed by atoms with Gasteiger partial charge < -0.3 is 5.73 Å². The lowest BCUT2D eigenvalue weighted by Gasteiger charge is -2.06. The number of aromatic nitrogens is 2. The van der Waals surface area contributed by atoms with E-state index in [9.17, 15) is 0 Å².